The number of carbonyl (C=O) groups is 2. The van der Waals surface area contributed by atoms with E-state index in [-0.39, 0.29) is 30.5 Å². The Kier molecular flexibility index (Phi) is 8.29. The fraction of sp³-hybridized carbons (Fsp3) is 0.905. The van der Waals surface area contributed by atoms with E-state index >= 15 is 0 Å². The van der Waals surface area contributed by atoms with Gasteiger partial charge in [-0.2, -0.15) is 5.06 Å². The highest BCUT2D eigenvalue weighted by Crippen LogP contribution is 2.47. The maximum absolute atomic E-state index is 12.7. The summed E-state index contributed by atoms with van der Waals surface area (Å²) in [5.41, 5.74) is 1.39. The molecule has 2 heterocycles. The van der Waals surface area contributed by atoms with Gasteiger partial charge < -0.3 is 13.9 Å². The summed E-state index contributed by atoms with van der Waals surface area (Å²) in [5, 5.41) is 1.90. The van der Waals surface area contributed by atoms with E-state index in [4.69, 9.17) is 18.7 Å². The predicted octanol–water partition coefficient (Wildman–Crippen LogP) is 3.68. The highest BCUT2D eigenvalue weighted by molar-refractivity contribution is 6.77. The van der Waals surface area contributed by atoms with Crippen LogP contribution < -0.4 is 0 Å². The molecule has 0 aromatic carbocycles. The molecule has 0 aliphatic carbocycles. The van der Waals surface area contributed by atoms with Gasteiger partial charge in [-0.1, -0.05) is 41.5 Å². The second-order valence-electron chi connectivity index (χ2n) is 9.20. The van der Waals surface area contributed by atoms with Gasteiger partial charge in [0.25, 0.3) is 0 Å². The van der Waals surface area contributed by atoms with Crippen molar-refractivity contribution in [2.75, 3.05) is 20.8 Å². The Morgan fingerprint density at radius 3 is 2.10 bits per heavy atom. The minimum Gasteiger partial charge on any atom is -0.469 e. The molecule has 0 unspecified atom stereocenters. The van der Waals surface area contributed by atoms with Crippen molar-refractivity contribution in [3.8, 4) is 0 Å². The van der Waals surface area contributed by atoms with Gasteiger partial charge in [0.2, 0.25) is 8.32 Å². The third-order valence-corrected chi connectivity index (χ3v) is 12.9. The topological polar surface area (TPSA) is 74.3 Å². The van der Waals surface area contributed by atoms with E-state index in [1.54, 1.807) is 0 Å². The molecular formula is C21H39NO6Si. The van der Waals surface area contributed by atoms with Gasteiger partial charge in [-0.25, -0.2) is 0 Å². The van der Waals surface area contributed by atoms with Crippen LogP contribution in [0.1, 0.15) is 60.8 Å². The Hall–Kier alpha value is -0.963. The molecule has 168 valence electrons. The quantitative estimate of drug-likeness (QED) is 0.409. The van der Waals surface area contributed by atoms with E-state index in [0.717, 1.165) is 13.0 Å². The van der Waals surface area contributed by atoms with Crippen LogP contribution in [-0.2, 0) is 28.3 Å². The van der Waals surface area contributed by atoms with Gasteiger partial charge in [0.1, 0.15) is 5.92 Å². The molecule has 0 bridgehead atoms. The average Bonchev–Trinajstić information content (AvgIpc) is 3.21. The summed E-state index contributed by atoms with van der Waals surface area (Å²) in [6.45, 7) is 14.3. The third kappa shape index (κ3) is 4.70. The first-order valence-electron chi connectivity index (χ1n) is 10.9. The summed E-state index contributed by atoms with van der Waals surface area (Å²) in [6.07, 6.45) is 1.01. The maximum atomic E-state index is 12.7. The van der Waals surface area contributed by atoms with E-state index in [2.05, 4.69) is 41.5 Å². The van der Waals surface area contributed by atoms with Crippen LogP contribution in [0.25, 0.3) is 0 Å². The zero-order valence-corrected chi connectivity index (χ0v) is 20.3. The van der Waals surface area contributed by atoms with Crippen LogP contribution in [0.5, 0.6) is 0 Å². The molecule has 2 aliphatic heterocycles. The first-order chi connectivity index (χ1) is 13.6. The van der Waals surface area contributed by atoms with Crippen LogP contribution in [0.3, 0.4) is 0 Å². The SMILES string of the molecule is COC(=O)CC[C@@H]1ON2CC[C@H](O[Si](C(C)C)(C(C)C)C(C)C)[C@H]2[C@H]1C(=O)OC. The second-order valence-corrected chi connectivity index (χ2v) is 14.6. The van der Waals surface area contributed by atoms with E-state index in [1.807, 2.05) is 5.06 Å². The zero-order chi connectivity index (χ0) is 21.9. The molecule has 2 saturated heterocycles. The van der Waals surface area contributed by atoms with Crippen molar-refractivity contribution in [2.45, 2.75) is 95.7 Å². The van der Waals surface area contributed by atoms with E-state index < -0.39 is 20.3 Å². The summed E-state index contributed by atoms with van der Waals surface area (Å²) in [7, 11) is 0.672. The van der Waals surface area contributed by atoms with Crippen molar-refractivity contribution in [2.24, 2.45) is 5.92 Å². The molecule has 2 aliphatic rings. The standard InChI is InChI=1S/C21H39NO6Si/c1-13(2)29(14(3)4,15(5)6)28-17-11-12-22-20(17)19(21(24)26-8)16(27-22)9-10-18(23)25-7/h13-17,19-20H,9-12H2,1-8H3/t16-,17-,19-,20-/m0/s1. The van der Waals surface area contributed by atoms with E-state index in [9.17, 15) is 9.59 Å². The molecule has 0 aromatic rings. The number of methoxy groups -OCH3 is 2. The van der Waals surface area contributed by atoms with Gasteiger partial charge in [-0.05, 0) is 29.5 Å². The first-order valence-corrected chi connectivity index (χ1v) is 13.0. The molecule has 2 fully saturated rings. The van der Waals surface area contributed by atoms with Crippen molar-refractivity contribution < 1.29 is 28.3 Å². The molecule has 0 saturated carbocycles. The van der Waals surface area contributed by atoms with E-state index in [0.29, 0.717) is 23.0 Å². The first kappa shape index (κ1) is 24.3. The number of fused-ring (bicyclic) bond motifs is 1. The summed E-state index contributed by atoms with van der Waals surface area (Å²) in [6, 6.07) is -0.173. The Bertz CT molecular complexity index is 560. The minimum atomic E-state index is -2.10. The summed E-state index contributed by atoms with van der Waals surface area (Å²) in [5.74, 6) is -1.06. The highest BCUT2D eigenvalue weighted by atomic mass is 28.4. The number of rotatable bonds is 9. The summed E-state index contributed by atoms with van der Waals surface area (Å²) < 4.78 is 16.9. The number of hydrogen-bond donors (Lipinski definition) is 0. The smallest absolute Gasteiger partial charge is 0.313 e. The number of hydrogen-bond acceptors (Lipinski definition) is 7. The van der Waals surface area contributed by atoms with Crippen LogP contribution in [-0.4, -0.2) is 64.3 Å². The Morgan fingerprint density at radius 2 is 1.62 bits per heavy atom. The number of nitrogens with zero attached hydrogens (tertiary/aromatic N) is 1. The Balaban J connectivity index is 2.28. The van der Waals surface area contributed by atoms with Crippen molar-refractivity contribution in [3.05, 3.63) is 0 Å². The maximum Gasteiger partial charge on any atom is 0.313 e. The fourth-order valence-corrected chi connectivity index (χ4v) is 11.2. The van der Waals surface area contributed by atoms with Crippen LogP contribution in [0.2, 0.25) is 16.6 Å². The molecule has 4 atom stereocenters. The molecule has 7 nitrogen and oxygen atoms in total. The highest BCUT2D eigenvalue weighted by Gasteiger charge is 2.57. The van der Waals surface area contributed by atoms with Gasteiger partial charge in [-0.15, -0.1) is 0 Å². The summed E-state index contributed by atoms with van der Waals surface area (Å²) in [4.78, 5) is 30.4. The molecule has 29 heavy (non-hydrogen) atoms. The number of hydroxylamine groups is 2. The van der Waals surface area contributed by atoms with Gasteiger partial charge in [-0.3, -0.25) is 14.4 Å². The third-order valence-electron chi connectivity index (χ3n) is 6.78. The van der Waals surface area contributed by atoms with Crippen molar-refractivity contribution in [1.82, 2.24) is 5.06 Å². The lowest BCUT2D eigenvalue weighted by Gasteiger charge is -2.45. The zero-order valence-electron chi connectivity index (χ0n) is 19.3. The molecule has 8 heteroatoms. The Labute approximate surface area is 176 Å². The molecule has 0 amide bonds. The summed E-state index contributed by atoms with van der Waals surface area (Å²) >= 11 is 0. The molecule has 0 radical (unpaired) electrons. The van der Waals surface area contributed by atoms with Gasteiger partial charge >= 0.3 is 11.9 Å². The van der Waals surface area contributed by atoms with Crippen LogP contribution in [0.4, 0.5) is 0 Å². The number of ether oxygens (including phenoxy) is 2. The van der Waals surface area contributed by atoms with Crippen LogP contribution in [0, 0.1) is 5.92 Å². The molecular weight excluding hydrogens is 390 g/mol. The normalized spacial score (nSPS) is 27.7. The lowest BCUT2D eigenvalue weighted by Crippen LogP contribution is -2.53. The number of esters is 2. The van der Waals surface area contributed by atoms with Gasteiger partial charge in [0.15, 0.2) is 0 Å². The molecule has 0 N–H and O–H groups in total. The molecule has 0 aromatic heterocycles. The average molecular weight is 430 g/mol. The monoisotopic (exact) mass is 429 g/mol. The van der Waals surface area contributed by atoms with Crippen LogP contribution >= 0.6 is 0 Å². The largest absolute Gasteiger partial charge is 0.469 e. The Morgan fingerprint density at radius 1 is 1.03 bits per heavy atom. The number of carbonyl (C=O) groups excluding carboxylic acids is 2. The van der Waals surface area contributed by atoms with E-state index in [1.165, 1.54) is 14.2 Å². The van der Waals surface area contributed by atoms with Gasteiger partial charge in [0, 0.05) is 13.0 Å². The van der Waals surface area contributed by atoms with Crippen molar-refractivity contribution in [3.63, 3.8) is 0 Å². The second kappa shape index (κ2) is 9.90. The molecule has 0 spiro atoms. The fourth-order valence-electron chi connectivity index (χ4n) is 5.57. The molecule has 2 rings (SSSR count). The lowest BCUT2D eigenvalue weighted by atomic mass is 9.89. The van der Waals surface area contributed by atoms with Crippen molar-refractivity contribution >= 4 is 20.3 Å². The van der Waals surface area contributed by atoms with Crippen LogP contribution in [0.15, 0.2) is 0 Å². The predicted molar refractivity (Wildman–Crippen MR) is 113 cm³/mol. The van der Waals surface area contributed by atoms with Gasteiger partial charge in [0.05, 0.1) is 32.5 Å². The lowest BCUT2D eigenvalue weighted by molar-refractivity contribution is -0.160. The minimum absolute atomic E-state index is 0.0684. The van der Waals surface area contributed by atoms with Crippen molar-refractivity contribution in [1.29, 1.82) is 0 Å².